The van der Waals surface area contributed by atoms with Gasteiger partial charge in [0.1, 0.15) is 6.29 Å². The maximum Gasteiger partial charge on any atom is 0.319 e. The van der Waals surface area contributed by atoms with Crippen LogP contribution in [-0.2, 0) is 9.53 Å². The van der Waals surface area contributed by atoms with E-state index in [0.29, 0.717) is 53.2 Å². The number of fused-ring (bicyclic) bond motifs is 5. The summed E-state index contributed by atoms with van der Waals surface area (Å²) >= 11 is 0. The second-order valence-electron chi connectivity index (χ2n) is 15.6. The van der Waals surface area contributed by atoms with Crippen molar-refractivity contribution in [3.8, 4) is 0 Å². The molecule has 0 radical (unpaired) electrons. The molecule has 0 aliphatic heterocycles. The molecule has 8 unspecified atom stereocenters. The number of nitrogens with one attached hydrogen (secondary N) is 2. The lowest BCUT2D eigenvalue weighted by Gasteiger charge is -2.69. The highest BCUT2D eigenvalue weighted by molar-refractivity contribution is 5.90. The number of carbonyl (C=O) groups excluding carboxylic acids is 2. The molecule has 0 bridgehead atoms. The van der Waals surface area contributed by atoms with Gasteiger partial charge in [-0.3, -0.25) is 4.98 Å². The molecule has 2 N–H and O–H groups in total. The summed E-state index contributed by atoms with van der Waals surface area (Å²) in [6, 6.07) is 3.33. The summed E-state index contributed by atoms with van der Waals surface area (Å²) in [5.41, 5.74) is 3.48. The van der Waals surface area contributed by atoms with Crippen LogP contribution in [0, 0.1) is 45.8 Å². The van der Waals surface area contributed by atoms with Crippen LogP contribution in [0.25, 0.3) is 0 Å². The fourth-order valence-electron chi connectivity index (χ4n) is 11.2. The minimum Gasteiger partial charge on any atom is -0.381 e. The largest absolute Gasteiger partial charge is 0.381 e. The Hall–Kier alpha value is -2.21. The predicted octanol–water partition coefficient (Wildman–Crippen LogP) is 8.20. The number of carbonyl (C=O) groups is 2. The topological polar surface area (TPSA) is 80.3 Å². The lowest BCUT2D eigenvalue weighted by atomic mass is 9.36. The van der Waals surface area contributed by atoms with Gasteiger partial charge in [0.15, 0.2) is 0 Å². The first-order valence-electron chi connectivity index (χ1n) is 16.5. The fourth-order valence-corrected chi connectivity index (χ4v) is 11.2. The van der Waals surface area contributed by atoms with Crippen LogP contribution in [-0.4, -0.2) is 36.1 Å². The summed E-state index contributed by atoms with van der Waals surface area (Å²) in [7, 11) is 1.90. The minimum absolute atomic E-state index is 0.178. The van der Waals surface area contributed by atoms with E-state index in [1.807, 2.05) is 7.11 Å². The molecule has 4 saturated carbocycles. The summed E-state index contributed by atoms with van der Waals surface area (Å²) in [6.45, 7) is 16.9. The molecule has 232 valence electrons. The Bertz CT molecular complexity index is 1190. The van der Waals surface area contributed by atoms with E-state index < -0.39 is 5.54 Å². The third-order valence-electron chi connectivity index (χ3n) is 13.2. The van der Waals surface area contributed by atoms with E-state index in [4.69, 9.17) is 4.74 Å². The number of pyridine rings is 1. The van der Waals surface area contributed by atoms with Crippen molar-refractivity contribution in [1.29, 1.82) is 0 Å². The number of anilines is 1. The van der Waals surface area contributed by atoms with E-state index in [1.54, 1.807) is 24.5 Å². The zero-order chi connectivity index (χ0) is 30.5. The quantitative estimate of drug-likeness (QED) is 0.264. The fraction of sp³-hybridized carbons (Fsp3) is 0.750. The van der Waals surface area contributed by atoms with Crippen molar-refractivity contribution in [2.45, 2.75) is 118 Å². The van der Waals surface area contributed by atoms with E-state index in [2.05, 4.69) is 64.1 Å². The second kappa shape index (κ2) is 11.4. The van der Waals surface area contributed by atoms with Crippen LogP contribution in [0.15, 0.2) is 35.7 Å². The monoisotopic (exact) mass is 577 g/mol. The standard InChI is InChI=1S/C36H55N3O3/c1-23(2)24(3)31-26-9-10-29-34(6,16-12-28-33(4,5)30(42-8)13-17-35(28,29)7)27(26)11-18-36(31,19-22-40)39-32(41)38-25-14-20-37-21-15-25/h14-15,20-23,26-30H,9-13,16-19H2,1-8H3,(H2,37,38,39,41)/b31-24+. The van der Waals surface area contributed by atoms with Crippen molar-refractivity contribution in [1.82, 2.24) is 10.3 Å². The highest BCUT2D eigenvalue weighted by Gasteiger charge is 2.65. The molecule has 4 aliphatic rings. The first-order chi connectivity index (χ1) is 19.8. The van der Waals surface area contributed by atoms with Gasteiger partial charge in [-0.05, 0) is 122 Å². The van der Waals surface area contributed by atoms with Gasteiger partial charge in [-0.25, -0.2) is 4.79 Å². The molecule has 8 atom stereocenters. The number of methoxy groups -OCH3 is 1. The van der Waals surface area contributed by atoms with Gasteiger partial charge in [-0.1, -0.05) is 47.1 Å². The minimum atomic E-state index is -0.656. The maximum atomic E-state index is 13.5. The third kappa shape index (κ3) is 4.94. The zero-order valence-electron chi connectivity index (χ0n) is 27.4. The summed E-state index contributed by atoms with van der Waals surface area (Å²) in [5.74, 6) is 2.64. The number of nitrogens with zero attached hydrogens (tertiary/aromatic N) is 1. The smallest absolute Gasteiger partial charge is 0.319 e. The first-order valence-corrected chi connectivity index (χ1v) is 16.5. The van der Waals surface area contributed by atoms with Crippen LogP contribution in [0.4, 0.5) is 10.5 Å². The molecule has 4 fully saturated rings. The van der Waals surface area contributed by atoms with E-state index in [0.717, 1.165) is 32.0 Å². The van der Waals surface area contributed by atoms with Crippen molar-refractivity contribution < 1.29 is 14.3 Å². The van der Waals surface area contributed by atoms with Gasteiger partial charge < -0.3 is 20.2 Å². The number of urea groups is 1. The van der Waals surface area contributed by atoms with Gasteiger partial charge in [0.25, 0.3) is 0 Å². The molecule has 0 aromatic carbocycles. The van der Waals surface area contributed by atoms with Gasteiger partial charge in [-0.2, -0.15) is 0 Å². The Morgan fingerprint density at radius 1 is 1.00 bits per heavy atom. The molecule has 1 heterocycles. The van der Waals surface area contributed by atoms with Crippen molar-refractivity contribution >= 4 is 18.0 Å². The number of ether oxygens (including phenoxy) is 1. The number of aromatic nitrogens is 1. The molecule has 4 aliphatic carbocycles. The molecule has 5 rings (SSSR count). The average Bonchev–Trinajstić information content (AvgIpc) is 2.92. The van der Waals surface area contributed by atoms with Crippen LogP contribution in [0.5, 0.6) is 0 Å². The molecule has 2 amide bonds. The number of amides is 2. The van der Waals surface area contributed by atoms with Crippen molar-refractivity contribution in [2.24, 2.45) is 45.8 Å². The SMILES string of the molecule is COC1CCC2(C)C(CCC3(C)C4CCC(CC=O)(NC(=O)Nc5ccncc5)/C(=C(\C)C(C)C)C4CCC32)C1(C)C. The normalized spacial score (nSPS) is 40.3. The molecule has 42 heavy (non-hydrogen) atoms. The first kappa shape index (κ1) is 31.2. The average molecular weight is 578 g/mol. The van der Waals surface area contributed by atoms with Gasteiger partial charge in [-0.15, -0.1) is 0 Å². The van der Waals surface area contributed by atoms with E-state index in [1.165, 1.54) is 36.8 Å². The van der Waals surface area contributed by atoms with E-state index >= 15 is 0 Å². The molecule has 0 saturated heterocycles. The Morgan fingerprint density at radius 3 is 2.33 bits per heavy atom. The molecule has 1 aromatic rings. The Balaban J connectivity index is 1.50. The van der Waals surface area contributed by atoms with Crippen LogP contribution in [0.3, 0.4) is 0 Å². The van der Waals surface area contributed by atoms with Gasteiger partial charge in [0, 0.05) is 31.6 Å². The van der Waals surface area contributed by atoms with Crippen LogP contribution < -0.4 is 10.6 Å². The molecular weight excluding hydrogens is 522 g/mol. The molecule has 6 heteroatoms. The molecular formula is C36H55N3O3. The summed E-state index contributed by atoms with van der Waals surface area (Å²) in [4.78, 5) is 29.8. The van der Waals surface area contributed by atoms with Gasteiger partial charge in [0.05, 0.1) is 11.6 Å². The number of aldehydes is 1. The van der Waals surface area contributed by atoms with Crippen LogP contribution >= 0.6 is 0 Å². The Morgan fingerprint density at radius 2 is 1.69 bits per heavy atom. The zero-order valence-corrected chi connectivity index (χ0v) is 27.4. The summed E-state index contributed by atoms with van der Waals surface area (Å²) < 4.78 is 6.05. The number of rotatable bonds is 6. The van der Waals surface area contributed by atoms with Crippen LogP contribution in [0.2, 0.25) is 0 Å². The lowest BCUT2D eigenvalue weighted by molar-refractivity contribution is -0.206. The summed E-state index contributed by atoms with van der Waals surface area (Å²) in [6.07, 6.45) is 14.1. The van der Waals surface area contributed by atoms with Crippen LogP contribution in [0.1, 0.15) is 106 Å². The van der Waals surface area contributed by atoms with Gasteiger partial charge >= 0.3 is 6.03 Å². The third-order valence-corrected chi connectivity index (χ3v) is 13.2. The van der Waals surface area contributed by atoms with Crippen molar-refractivity contribution in [3.63, 3.8) is 0 Å². The number of allylic oxidation sites excluding steroid dienone is 1. The van der Waals surface area contributed by atoms with E-state index in [-0.39, 0.29) is 16.9 Å². The second-order valence-corrected chi connectivity index (χ2v) is 15.6. The van der Waals surface area contributed by atoms with E-state index in [9.17, 15) is 9.59 Å². The molecule has 0 spiro atoms. The highest BCUT2D eigenvalue weighted by Crippen LogP contribution is 2.71. The van der Waals surface area contributed by atoms with Crippen molar-refractivity contribution in [2.75, 3.05) is 12.4 Å². The molecule has 6 nitrogen and oxygen atoms in total. The predicted molar refractivity (Wildman–Crippen MR) is 169 cm³/mol. The summed E-state index contributed by atoms with van der Waals surface area (Å²) in [5, 5.41) is 6.39. The number of hydrogen-bond donors (Lipinski definition) is 2. The molecule has 1 aromatic heterocycles. The lowest BCUT2D eigenvalue weighted by Crippen LogP contribution is -2.64. The number of hydrogen-bond acceptors (Lipinski definition) is 4. The Kier molecular flexibility index (Phi) is 8.45. The maximum absolute atomic E-state index is 13.5. The van der Waals surface area contributed by atoms with Crippen molar-refractivity contribution in [3.05, 3.63) is 35.7 Å². The Labute approximate surface area is 254 Å². The highest BCUT2D eigenvalue weighted by atomic mass is 16.5. The van der Waals surface area contributed by atoms with Gasteiger partial charge in [0.2, 0.25) is 0 Å².